The summed E-state index contributed by atoms with van der Waals surface area (Å²) in [7, 11) is -3.20. The summed E-state index contributed by atoms with van der Waals surface area (Å²) in [6.07, 6.45) is 0. The Morgan fingerprint density at radius 1 is 1.28 bits per heavy atom. The quantitative estimate of drug-likeness (QED) is 0.286. The molecule has 0 saturated heterocycles. The summed E-state index contributed by atoms with van der Waals surface area (Å²) in [5.41, 5.74) is -0.450. The van der Waals surface area contributed by atoms with E-state index in [1.54, 1.807) is 13.8 Å². The molecule has 4 N–H and O–H groups in total. The number of aryl methyl sites for hydroxylation is 2. The van der Waals surface area contributed by atoms with Gasteiger partial charge in [0.15, 0.2) is 5.96 Å². The molecule has 0 spiro atoms. The molecule has 144 valence electrons. The lowest BCUT2D eigenvalue weighted by molar-refractivity contribution is 0.0657. The van der Waals surface area contributed by atoms with Crippen molar-refractivity contribution < 1.29 is 17.9 Å². The van der Waals surface area contributed by atoms with Crippen LogP contribution in [-0.4, -0.2) is 51.4 Å². The third-order valence-electron chi connectivity index (χ3n) is 3.63. The normalized spacial score (nSPS) is 15.0. The number of sulfonamides is 1. The number of hydrogen-bond acceptors (Lipinski definition) is 5. The van der Waals surface area contributed by atoms with Crippen LogP contribution in [0.15, 0.2) is 15.5 Å². The molecule has 0 bridgehead atoms. The molecule has 0 aliphatic heterocycles. The average Bonchev–Trinajstić information content (AvgIpc) is 2.88. The number of rotatable bonds is 9. The first kappa shape index (κ1) is 21.5. The summed E-state index contributed by atoms with van der Waals surface area (Å²) in [5, 5.41) is 16.8. The van der Waals surface area contributed by atoms with E-state index >= 15 is 0 Å². The molecule has 0 fully saturated rings. The first-order valence-corrected chi connectivity index (χ1v) is 10.1. The van der Waals surface area contributed by atoms with Crippen molar-refractivity contribution in [3.63, 3.8) is 0 Å². The van der Waals surface area contributed by atoms with E-state index in [0.29, 0.717) is 30.4 Å². The summed E-state index contributed by atoms with van der Waals surface area (Å²) in [6.45, 7) is 10.3. The van der Waals surface area contributed by atoms with E-state index in [9.17, 15) is 13.5 Å². The van der Waals surface area contributed by atoms with Crippen molar-refractivity contribution in [2.75, 3.05) is 31.9 Å². The van der Waals surface area contributed by atoms with Gasteiger partial charge >= 0.3 is 0 Å². The van der Waals surface area contributed by atoms with E-state index in [2.05, 4.69) is 20.3 Å². The van der Waals surface area contributed by atoms with Crippen LogP contribution in [0.25, 0.3) is 0 Å². The monoisotopic (exact) mass is 374 g/mol. The number of hydrogen-bond donors (Lipinski definition) is 4. The molecule has 1 rings (SSSR count). The number of nitrogens with one attached hydrogen (secondary N) is 3. The lowest BCUT2D eigenvalue weighted by Gasteiger charge is -2.21. The Morgan fingerprint density at radius 3 is 2.48 bits per heavy atom. The highest BCUT2D eigenvalue weighted by molar-refractivity contribution is 7.89. The van der Waals surface area contributed by atoms with Gasteiger partial charge < -0.3 is 20.2 Å². The lowest BCUT2D eigenvalue weighted by atomic mass is 9.96. The second kappa shape index (κ2) is 9.21. The molecule has 25 heavy (non-hydrogen) atoms. The predicted molar refractivity (Wildman–Crippen MR) is 99.2 cm³/mol. The van der Waals surface area contributed by atoms with Gasteiger partial charge in [0.05, 0.1) is 12.3 Å². The van der Waals surface area contributed by atoms with Gasteiger partial charge in [0.1, 0.15) is 17.1 Å². The van der Waals surface area contributed by atoms with Crippen molar-refractivity contribution in [1.82, 2.24) is 15.4 Å². The molecule has 1 unspecified atom stereocenters. The molecule has 0 radical (unpaired) electrons. The van der Waals surface area contributed by atoms with Crippen LogP contribution in [0.2, 0.25) is 0 Å². The van der Waals surface area contributed by atoms with Crippen molar-refractivity contribution in [3.8, 4) is 0 Å². The number of nitrogens with zero attached hydrogens (tertiary/aromatic N) is 1. The second-order valence-corrected chi connectivity index (χ2v) is 8.12. The maximum Gasteiger partial charge on any atom is 0.211 e. The van der Waals surface area contributed by atoms with E-state index in [4.69, 9.17) is 4.42 Å². The van der Waals surface area contributed by atoms with E-state index in [1.807, 2.05) is 26.8 Å². The first-order valence-electron chi connectivity index (χ1n) is 8.40. The third kappa shape index (κ3) is 7.05. The van der Waals surface area contributed by atoms with Crippen molar-refractivity contribution >= 4 is 16.0 Å². The van der Waals surface area contributed by atoms with Gasteiger partial charge in [-0.15, -0.1) is 0 Å². The van der Waals surface area contributed by atoms with E-state index in [1.165, 1.54) is 0 Å². The van der Waals surface area contributed by atoms with Crippen molar-refractivity contribution in [2.24, 2.45) is 4.99 Å². The summed E-state index contributed by atoms with van der Waals surface area (Å²) >= 11 is 0. The standard InChI is InChI=1S/C16H30N4O4S/c1-6-17-15(18-8-9-20-25(22,23)7-2)19-11-16(5,21)14-10-12(3)24-13(14)4/h10,20-21H,6-9,11H2,1-5H3,(H2,17,18,19). The Hall–Kier alpha value is -1.58. The van der Waals surface area contributed by atoms with Crippen LogP contribution in [0, 0.1) is 13.8 Å². The van der Waals surface area contributed by atoms with Crippen LogP contribution in [0.3, 0.4) is 0 Å². The zero-order valence-electron chi connectivity index (χ0n) is 15.6. The van der Waals surface area contributed by atoms with Crippen LogP contribution in [0.1, 0.15) is 37.9 Å². The average molecular weight is 375 g/mol. The molecular weight excluding hydrogens is 344 g/mol. The molecule has 8 nitrogen and oxygen atoms in total. The summed E-state index contributed by atoms with van der Waals surface area (Å²) in [5.74, 6) is 1.97. The third-order valence-corrected chi connectivity index (χ3v) is 5.03. The van der Waals surface area contributed by atoms with Crippen molar-refractivity contribution in [1.29, 1.82) is 0 Å². The highest BCUT2D eigenvalue weighted by Crippen LogP contribution is 2.27. The van der Waals surface area contributed by atoms with Gasteiger partial charge in [0.2, 0.25) is 10.0 Å². The van der Waals surface area contributed by atoms with Crippen LogP contribution in [-0.2, 0) is 15.6 Å². The minimum Gasteiger partial charge on any atom is -0.466 e. The molecule has 0 aliphatic carbocycles. The lowest BCUT2D eigenvalue weighted by Crippen LogP contribution is -2.42. The SMILES string of the molecule is CCNC(=NCC(C)(O)c1cc(C)oc1C)NCCNS(=O)(=O)CC. The molecule has 9 heteroatoms. The van der Waals surface area contributed by atoms with Crippen LogP contribution >= 0.6 is 0 Å². The van der Waals surface area contributed by atoms with Crippen LogP contribution in [0.4, 0.5) is 0 Å². The Kier molecular flexibility index (Phi) is 7.91. The number of guanidine groups is 1. The minimum atomic E-state index is -3.20. The second-order valence-electron chi connectivity index (χ2n) is 6.02. The molecule has 1 heterocycles. The Labute approximate surface area is 150 Å². The molecular formula is C16H30N4O4S. The van der Waals surface area contributed by atoms with E-state index < -0.39 is 15.6 Å². The fourth-order valence-corrected chi connectivity index (χ4v) is 2.93. The highest BCUT2D eigenvalue weighted by atomic mass is 32.2. The molecule has 0 amide bonds. The highest BCUT2D eigenvalue weighted by Gasteiger charge is 2.27. The summed E-state index contributed by atoms with van der Waals surface area (Å²) in [6, 6.07) is 1.81. The molecule has 1 atom stereocenters. The van der Waals surface area contributed by atoms with Gasteiger partial charge in [-0.25, -0.2) is 18.1 Å². The molecule has 0 saturated carbocycles. The molecule has 0 aliphatic rings. The van der Waals surface area contributed by atoms with Gasteiger partial charge in [-0.1, -0.05) is 0 Å². The van der Waals surface area contributed by atoms with Crippen LogP contribution in [0.5, 0.6) is 0 Å². The summed E-state index contributed by atoms with van der Waals surface area (Å²) in [4.78, 5) is 4.39. The largest absolute Gasteiger partial charge is 0.466 e. The molecule has 1 aromatic rings. The Bertz CT molecular complexity index is 680. The van der Waals surface area contributed by atoms with Gasteiger partial charge in [-0.05, 0) is 40.7 Å². The minimum absolute atomic E-state index is 0.0491. The van der Waals surface area contributed by atoms with Gasteiger partial charge in [-0.2, -0.15) is 0 Å². The number of aliphatic imine (C=N–C) groups is 1. The van der Waals surface area contributed by atoms with Crippen molar-refractivity contribution in [3.05, 3.63) is 23.2 Å². The summed E-state index contributed by atoms with van der Waals surface area (Å²) < 4.78 is 30.7. The fraction of sp³-hybridized carbons (Fsp3) is 0.688. The maximum absolute atomic E-state index is 11.4. The van der Waals surface area contributed by atoms with Crippen LogP contribution < -0.4 is 15.4 Å². The van der Waals surface area contributed by atoms with Gasteiger partial charge in [0.25, 0.3) is 0 Å². The zero-order valence-corrected chi connectivity index (χ0v) is 16.5. The van der Waals surface area contributed by atoms with Gasteiger partial charge in [-0.3, -0.25) is 0 Å². The maximum atomic E-state index is 11.4. The van der Waals surface area contributed by atoms with Gasteiger partial charge in [0, 0.05) is 25.2 Å². The predicted octanol–water partition coefficient (Wildman–Crippen LogP) is 0.598. The Morgan fingerprint density at radius 2 is 1.96 bits per heavy atom. The zero-order chi connectivity index (χ0) is 19.1. The first-order chi connectivity index (χ1) is 11.6. The smallest absolute Gasteiger partial charge is 0.211 e. The van der Waals surface area contributed by atoms with Crippen molar-refractivity contribution in [2.45, 2.75) is 40.2 Å². The Balaban J connectivity index is 2.67. The molecule has 0 aromatic carbocycles. The van der Waals surface area contributed by atoms with E-state index in [-0.39, 0.29) is 18.8 Å². The topological polar surface area (TPSA) is 116 Å². The molecule has 1 aromatic heterocycles. The fourth-order valence-electron chi connectivity index (χ4n) is 2.31. The van der Waals surface area contributed by atoms with E-state index in [0.717, 1.165) is 5.76 Å². The number of aliphatic hydroxyl groups is 1. The number of furan rings is 1.